The second-order valence-electron chi connectivity index (χ2n) is 6.35. The van der Waals surface area contributed by atoms with Crippen molar-refractivity contribution < 1.29 is 14.0 Å². The number of amides is 2. The summed E-state index contributed by atoms with van der Waals surface area (Å²) < 4.78 is 13.1. The van der Waals surface area contributed by atoms with Crippen molar-refractivity contribution in [2.24, 2.45) is 11.8 Å². The molecule has 1 aromatic rings. The van der Waals surface area contributed by atoms with Gasteiger partial charge in [0.15, 0.2) is 0 Å². The van der Waals surface area contributed by atoms with Gasteiger partial charge >= 0.3 is 0 Å². The summed E-state index contributed by atoms with van der Waals surface area (Å²) in [6.45, 7) is 0.698. The second-order valence-corrected chi connectivity index (χ2v) is 6.35. The molecule has 2 atom stereocenters. The van der Waals surface area contributed by atoms with Crippen molar-refractivity contribution in [1.29, 1.82) is 0 Å². The first-order valence-corrected chi connectivity index (χ1v) is 7.85. The summed E-state index contributed by atoms with van der Waals surface area (Å²) in [5.41, 5.74) is 0.804. The van der Waals surface area contributed by atoms with E-state index >= 15 is 0 Å². The Hall–Kier alpha value is -1.91. The minimum absolute atomic E-state index is 0.0434. The van der Waals surface area contributed by atoms with Crippen molar-refractivity contribution in [1.82, 2.24) is 10.2 Å². The van der Waals surface area contributed by atoms with Crippen LogP contribution >= 0.6 is 0 Å². The first kappa shape index (κ1) is 15.0. The van der Waals surface area contributed by atoms with Crippen LogP contribution in [0.5, 0.6) is 0 Å². The quantitative estimate of drug-likeness (QED) is 0.927. The maximum Gasteiger partial charge on any atom is 0.226 e. The minimum atomic E-state index is -0.400. The van der Waals surface area contributed by atoms with E-state index in [1.165, 1.54) is 31.4 Å². The van der Waals surface area contributed by atoms with Crippen LogP contribution in [0.15, 0.2) is 24.3 Å². The van der Waals surface area contributed by atoms with E-state index in [2.05, 4.69) is 5.32 Å². The fourth-order valence-electron chi connectivity index (χ4n) is 3.29. The topological polar surface area (TPSA) is 49.4 Å². The molecule has 2 fully saturated rings. The van der Waals surface area contributed by atoms with Crippen molar-refractivity contribution in [2.75, 3.05) is 13.6 Å². The Bertz CT molecular complexity index is 569. The van der Waals surface area contributed by atoms with Gasteiger partial charge in [-0.15, -0.1) is 0 Å². The van der Waals surface area contributed by atoms with Gasteiger partial charge in [-0.3, -0.25) is 9.59 Å². The van der Waals surface area contributed by atoms with Gasteiger partial charge in [-0.25, -0.2) is 4.39 Å². The molecule has 1 aliphatic carbocycles. The summed E-state index contributed by atoms with van der Waals surface area (Å²) in [7, 11) is 1.70. The zero-order chi connectivity index (χ0) is 15.7. The molecule has 0 aromatic heterocycles. The minimum Gasteiger partial charge on any atom is -0.355 e. The second kappa shape index (κ2) is 6.07. The summed E-state index contributed by atoms with van der Waals surface area (Å²) >= 11 is 0. The molecule has 0 radical (unpaired) electrons. The number of nitrogens with zero attached hydrogens (tertiary/aromatic N) is 1. The molecule has 118 valence electrons. The lowest BCUT2D eigenvalue weighted by Crippen LogP contribution is -2.38. The molecule has 4 nitrogen and oxygen atoms in total. The van der Waals surface area contributed by atoms with Gasteiger partial charge < -0.3 is 10.2 Å². The Balaban J connectivity index is 1.73. The average molecular weight is 304 g/mol. The summed E-state index contributed by atoms with van der Waals surface area (Å²) in [5, 5.41) is 2.99. The van der Waals surface area contributed by atoms with Crippen molar-refractivity contribution in [3.05, 3.63) is 35.6 Å². The molecule has 1 saturated heterocycles. The summed E-state index contributed by atoms with van der Waals surface area (Å²) in [6.07, 6.45) is 3.80. The van der Waals surface area contributed by atoms with E-state index in [-0.39, 0.29) is 30.1 Å². The number of hydrogen-bond donors (Lipinski definition) is 1. The zero-order valence-corrected chi connectivity index (χ0v) is 12.7. The number of carbonyl (C=O) groups excluding carboxylic acids is 2. The molecule has 3 rings (SSSR count). The van der Waals surface area contributed by atoms with E-state index in [9.17, 15) is 14.0 Å². The molecule has 1 aliphatic heterocycles. The third-order valence-electron chi connectivity index (χ3n) is 4.92. The highest BCUT2D eigenvalue weighted by Gasteiger charge is 2.42. The molecule has 0 spiro atoms. The molecule has 22 heavy (non-hydrogen) atoms. The van der Waals surface area contributed by atoms with Gasteiger partial charge in [-0.05, 0) is 36.5 Å². The van der Waals surface area contributed by atoms with E-state index in [0.29, 0.717) is 12.5 Å². The molecule has 2 aliphatic rings. The van der Waals surface area contributed by atoms with E-state index < -0.39 is 5.92 Å². The van der Waals surface area contributed by atoms with Crippen LogP contribution < -0.4 is 5.32 Å². The molecule has 0 bridgehead atoms. The van der Waals surface area contributed by atoms with Crippen molar-refractivity contribution in [3.63, 3.8) is 0 Å². The first-order valence-electron chi connectivity index (χ1n) is 7.85. The van der Waals surface area contributed by atoms with Crippen molar-refractivity contribution in [2.45, 2.75) is 31.7 Å². The molecule has 1 heterocycles. The molecule has 5 heteroatoms. The third kappa shape index (κ3) is 2.85. The van der Waals surface area contributed by atoms with Gasteiger partial charge in [0.05, 0.1) is 12.0 Å². The molecule has 0 unspecified atom stereocenters. The Morgan fingerprint density at radius 2 is 2.00 bits per heavy atom. The molecular weight excluding hydrogens is 283 g/mol. The van der Waals surface area contributed by atoms with E-state index in [4.69, 9.17) is 0 Å². The molecule has 1 saturated carbocycles. The van der Waals surface area contributed by atoms with Crippen LogP contribution in [-0.2, 0) is 9.59 Å². The smallest absolute Gasteiger partial charge is 0.226 e. The highest BCUT2D eigenvalue weighted by Crippen LogP contribution is 2.37. The summed E-state index contributed by atoms with van der Waals surface area (Å²) in [6, 6.07) is 5.74. The Morgan fingerprint density at radius 3 is 2.59 bits per heavy atom. The molecule has 2 amide bonds. The number of halogens is 1. The fraction of sp³-hybridized carbons (Fsp3) is 0.529. The number of rotatable bonds is 4. The predicted molar refractivity (Wildman–Crippen MR) is 80.4 cm³/mol. The molecule has 1 aromatic carbocycles. The van der Waals surface area contributed by atoms with Crippen molar-refractivity contribution >= 4 is 11.8 Å². The molecular formula is C17H21FN2O2. The number of benzene rings is 1. The van der Waals surface area contributed by atoms with Gasteiger partial charge in [0, 0.05) is 20.0 Å². The van der Waals surface area contributed by atoms with Gasteiger partial charge in [-0.2, -0.15) is 0 Å². The number of nitrogens with one attached hydrogen (secondary N) is 1. The monoisotopic (exact) mass is 304 g/mol. The highest BCUT2D eigenvalue weighted by molar-refractivity contribution is 5.90. The van der Waals surface area contributed by atoms with Gasteiger partial charge in [0.25, 0.3) is 0 Å². The van der Waals surface area contributed by atoms with Crippen LogP contribution in [0.2, 0.25) is 0 Å². The van der Waals surface area contributed by atoms with Crippen LogP contribution in [0.1, 0.15) is 37.3 Å². The fourth-order valence-corrected chi connectivity index (χ4v) is 3.29. The Kier molecular flexibility index (Phi) is 4.14. The SMILES string of the molecule is CN1C(=O)C[C@H](C(=O)NCC2CCC2)[C@H]1c1ccc(F)cc1. The lowest BCUT2D eigenvalue weighted by Gasteiger charge is -2.28. The highest BCUT2D eigenvalue weighted by atomic mass is 19.1. The maximum atomic E-state index is 13.1. The number of carbonyl (C=O) groups is 2. The first-order chi connectivity index (χ1) is 10.6. The molecule has 1 N–H and O–H groups in total. The lowest BCUT2D eigenvalue weighted by molar-refractivity contribution is -0.128. The number of hydrogen-bond acceptors (Lipinski definition) is 2. The van der Waals surface area contributed by atoms with Gasteiger partial charge in [0.1, 0.15) is 5.82 Å². The van der Waals surface area contributed by atoms with Crippen LogP contribution in [0.25, 0.3) is 0 Å². The van der Waals surface area contributed by atoms with E-state index in [0.717, 1.165) is 5.56 Å². The predicted octanol–water partition coefficient (Wildman–Crippen LogP) is 2.26. The normalized spacial score (nSPS) is 25.2. The van der Waals surface area contributed by atoms with Gasteiger partial charge in [0.2, 0.25) is 11.8 Å². The van der Waals surface area contributed by atoms with Crippen LogP contribution in [0, 0.1) is 17.7 Å². The van der Waals surface area contributed by atoms with E-state index in [1.54, 1.807) is 24.1 Å². The summed E-state index contributed by atoms with van der Waals surface area (Å²) in [5.74, 6) is -0.246. The van der Waals surface area contributed by atoms with Crippen LogP contribution in [0.4, 0.5) is 4.39 Å². The van der Waals surface area contributed by atoms with Crippen LogP contribution in [-0.4, -0.2) is 30.3 Å². The van der Waals surface area contributed by atoms with Crippen LogP contribution in [0.3, 0.4) is 0 Å². The third-order valence-corrected chi connectivity index (χ3v) is 4.92. The van der Waals surface area contributed by atoms with E-state index in [1.807, 2.05) is 0 Å². The van der Waals surface area contributed by atoms with Crippen molar-refractivity contribution in [3.8, 4) is 0 Å². The average Bonchev–Trinajstić information content (AvgIpc) is 2.74. The Labute approximate surface area is 129 Å². The lowest BCUT2D eigenvalue weighted by atomic mass is 9.85. The maximum absolute atomic E-state index is 13.1. The summed E-state index contributed by atoms with van der Waals surface area (Å²) in [4.78, 5) is 26.1. The Morgan fingerprint density at radius 1 is 1.32 bits per heavy atom. The largest absolute Gasteiger partial charge is 0.355 e. The zero-order valence-electron chi connectivity index (χ0n) is 12.7. The number of likely N-dealkylation sites (tertiary alicyclic amines) is 1. The van der Waals surface area contributed by atoms with Gasteiger partial charge in [-0.1, -0.05) is 18.6 Å². The standard InChI is InChI=1S/C17H21FN2O2/c1-20-15(21)9-14(17(22)19-10-11-3-2-4-11)16(20)12-5-7-13(18)8-6-12/h5-8,11,14,16H,2-4,9-10H2,1H3,(H,19,22)/t14-,16+/m0/s1.